The van der Waals surface area contributed by atoms with Crippen LogP contribution in [0.25, 0.3) is 11.6 Å². The zero-order valence-electron chi connectivity index (χ0n) is 21.7. The summed E-state index contributed by atoms with van der Waals surface area (Å²) in [6.07, 6.45) is 3.14. The van der Waals surface area contributed by atoms with Crippen molar-refractivity contribution in [1.82, 2.24) is 30.0 Å². The fourth-order valence-electron chi connectivity index (χ4n) is 5.72. The van der Waals surface area contributed by atoms with E-state index in [0.29, 0.717) is 34.5 Å². The number of hydrogen-bond donors (Lipinski definition) is 2. The first kappa shape index (κ1) is 27.1. The number of aryl methyl sites for hydroxylation is 1. The van der Waals surface area contributed by atoms with Gasteiger partial charge in [0.1, 0.15) is 0 Å². The summed E-state index contributed by atoms with van der Waals surface area (Å²) in [5.74, 6) is 1.44. The number of rotatable bonds is 7. The minimum absolute atomic E-state index is 0.00254. The van der Waals surface area contributed by atoms with Crippen LogP contribution in [-0.4, -0.2) is 86.5 Å². The summed E-state index contributed by atoms with van der Waals surface area (Å²) in [7, 11) is 0. The zero-order valence-corrected chi connectivity index (χ0v) is 23.2. The van der Waals surface area contributed by atoms with Crippen LogP contribution in [0.2, 0.25) is 10.2 Å². The molecule has 4 heterocycles. The Hall–Kier alpha value is -2.50. The van der Waals surface area contributed by atoms with Gasteiger partial charge in [0.25, 0.3) is 5.89 Å². The van der Waals surface area contributed by atoms with Crippen molar-refractivity contribution in [3.8, 4) is 11.6 Å². The van der Waals surface area contributed by atoms with E-state index >= 15 is 0 Å². The van der Waals surface area contributed by atoms with Crippen LogP contribution < -0.4 is 10.6 Å². The van der Waals surface area contributed by atoms with Crippen molar-refractivity contribution in [2.75, 3.05) is 50.0 Å². The summed E-state index contributed by atoms with van der Waals surface area (Å²) >= 11 is 12.6. The number of nitrogen functional groups attached to an aromatic ring is 1. The van der Waals surface area contributed by atoms with Gasteiger partial charge in [0.15, 0.2) is 22.5 Å². The number of piperidine rings is 1. The molecule has 1 unspecified atom stereocenters. The van der Waals surface area contributed by atoms with Crippen LogP contribution >= 0.6 is 23.2 Å². The average molecular weight is 562 g/mol. The third kappa shape index (κ3) is 5.60. The number of aliphatic hydroxyl groups is 1. The molecule has 1 aromatic carbocycles. The number of aliphatic hydroxyl groups excluding tert-OH is 1. The van der Waals surface area contributed by atoms with E-state index in [0.717, 1.165) is 57.5 Å². The molecular weight excluding hydrogens is 527 g/mol. The Morgan fingerprint density at radius 1 is 1.08 bits per heavy atom. The summed E-state index contributed by atoms with van der Waals surface area (Å²) in [4.78, 5) is 16.2. The minimum atomic E-state index is -0.00254. The molecule has 0 spiro atoms. The fourth-order valence-corrected chi connectivity index (χ4v) is 6.09. The molecule has 5 rings (SSSR count). The van der Waals surface area contributed by atoms with Gasteiger partial charge in [0, 0.05) is 56.8 Å². The number of likely N-dealkylation sites (tertiary alicyclic amines) is 1. The van der Waals surface area contributed by atoms with Crippen molar-refractivity contribution in [2.24, 2.45) is 0 Å². The number of piperazine rings is 1. The Labute approximate surface area is 232 Å². The molecule has 0 saturated carbocycles. The van der Waals surface area contributed by atoms with E-state index in [4.69, 9.17) is 33.4 Å². The first-order valence-electron chi connectivity index (χ1n) is 13.1. The number of benzene rings is 1. The standard InChI is InChI=1S/C26H34Cl2N8O2/c1-3-19-14-35(25-23(28)30-22(24(29)31-25)26-33-32-16(2)38-26)12-13-36(19)20-8-10-34(11-9-20)21(15-37)17-4-6-18(27)7-5-17/h4-7,19-21,37H,3,8-15H2,1-2H3,(H2,29,31)/t19?,21-/m0/s1. The van der Waals surface area contributed by atoms with Crippen molar-refractivity contribution >= 4 is 34.8 Å². The van der Waals surface area contributed by atoms with Gasteiger partial charge in [0.05, 0.1) is 12.6 Å². The highest BCUT2D eigenvalue weighted by Gasteiger charge is 2.35. The highest BCUT2D eigenvalue weighted by atomic mass is 35.5. The van der Waals surface area contributed by atoms with E-state index in [1.807, 2.05) is 24.3 Å². The van der Waals surface area contributed by atoms with Gasteiger partial charge < -0.3 is 20.2 Å². The molecular formula is C26H34Cl2N8O2. The largest absolute Gasteiger partial charge is 0.420 e. The number of anilines is 2. The predicted molar refractivity (Wildman–Crippen MR) is 148 cm³/mol. The first-order valence-corrected chi connectivity index (χ1v) is 13.9. The smallest absolute Gasteiger partial charge is 0.270 e. The van der Waals surface area contributed by atoms with Gasteiger partial charge in [-0.3, -0.25) is 9.80 Å². The van der Waals surface area contributed by atoms with Gasteiger partial charge in [-0.05, 0) is 37.0 Å². The van der Waals surface area contributed by atoms with Crippen LogP contribution in [0, 0.1) is 6.92 Å². The van der Waals surface area contributed by atoms with Crippen LogP contribution in [0.3, 0.4) is 0 Å². The topological polar surface area (TPSA) is 121 Å². The van der Waals surface area contributed by atoms with Gasteiger partial charge in [-0.25, -0.2) is 9.97 Å². The maximum Gasteiger partial charge on any atom is 0.270 e. The monoisotopic (exact) mass is 560 g/mol. The Bertz CT molecular complexity index is 1230. The molecule has 2 aliphatic heterocycles. The lowest BCUT2D eigenvalue weighted by Gasteiger charge is -2.48. The van der Waals surface area contributed by atoms with Crippen molar-refractivity contribution in [3.63, 3.8) is 0 Å². The Morgan fingerprint density at radius 2 is 1.82 bits per heavy atom. The lowest BCUT2D eigenvalue weighted by molar-refractivity contribution is 0.0356. The summed E-state index contributed by atoms with van der Waals surface area (Å²) in [6, 6.07) is 8.66. The molecule has 10 nitrogen and oxygen atoms in total. The second kappa shape index (κ2) is 11.7. The van der Waals surface area contributed by atoms with E-state index < -0.39 is 0 Å². The van der Waals surface area contributed by atoms with E-state index in [-0.39, 0.29) is 29.5 Å². The van der Waals surface area contributed by atoms with Crippen molar-refractivity contribution in [1.29, 1.82) is 0 Å². The van der Waals surface area contributed by atoms with Crippen LogP contribution in [0.5, 0.6) is 0 Å². The molecule has 3 N–H and O–H groups in total. The van der Waals surface area contributed by atoms with Crippen LogP contribution in [0.15, 0.2) is 28.7 Å². The second-order valence-corrected chi connectivity index (χ2v) is 10.8. The quantitative estimate of drug-likeness (QED) is 0.441. The predicted octanol–water partition coefficient (Wildman–Crippen LogP) is 3.82. The molecule has 2 fully saturated rings. The zero-order chi connectivity index (χ0) is 26.8. The first-order chi connectivity index (χ1) is 18.4. The summed E-state index contributed by atoms with van der Waals surface area (Å²) < 4.78 is 5.46. The minimum Gasteiger partial charge on any atom is -0.420 e. The van der Waals surface area contributed by atoms with Gasteiger partial charge in [0.2, 0.25) is 5.89 Å². The molecule has 0 bridgehead atoms. The highest BCUT2D eigenvalue weighted by Crippen LogP contribution is 2.33. The summed E-state index contributed by atoms with van der Waals surface area (Å²) in [5.41, 5.74) is 7.63. The summed E-state index contributed by atoms with van der Waals surface area (Å²) in [6.45, 7) is 8.40. The number of nitrogens with zero attached hydrogens (tertiary/aromatic N) is 7. The Kier molecular flexibility index (Phi) is 8.35. The van der Waals surface area contributed by atoms with Crippen LogP contribution in [0.4, 0.5) is 11.6 Å². The lowest BCUT2D eigenvalue weighted by Crippen LogP contribution is -2.58. The normalized spacial score (nSPS) is 20.7. The molecule has 2 atom stereocenters. The summed E-state index contributed by atoms with van der Waals surface area (Å²) in [5, 5.41) is 18.9. The molecule has 12 heteroatoms. The van der Waals surface area contributed by atoms with Gasteiger partial charge >= 0.3 is 0 Å². The highest BCUT2D eigenvalue weighted by molar-refractivity contribution is 6.32. The van der Waals surface area contributed by atoms with E-state index in [1.54, 1.807) is 6.92 Å². The third-order valence-corrected chi connectivity index (χ3v) is 8.23. The Morgan fingerprint density at radius 3 is 2.45 bits per heavy atom. The van der Waals surface area contributed by atoms with Crippen molar-refractivity contribution in [3.05, 3.63) is 45.9 Å². The molecule has 2 saturated heterocycles. The van der Waals surface area contributed by atoms with Crippen LogP contribution in [0.1, 0.15) is 43.7 Å². The van der Waals surface area contributed by atoms with Crippen molar-refractivity contribution < 1.29 is 9.52 Å². The van der Waals surface area contributed by atoms with E-state index in [9.17, 15) is 5.11 Å². The number of halogens is 2. The second-order valence-electron chi connectivity index (χ2n) is 9.96. The molecule has 0 aliphatic carbocycles. The molecule has 0 amide bonds. The maximum atomic E-state index is 10.1. The SMILES string of the molecule is CCC1CN(c2nc(N)c(-c3nnc(C)o3)nc2Cl)CCN1C1CCN([C@@H](CO)c2ccc(Cl)cc2)CC1. The third-order valence-electron chi connectivity index (χ3n) is 7.73. The molecule has 3 aromatic rings. The van der Waals surface area contributed by atoms with Crippen LogP contribution in [-0.2, 0) is 0 Å². The fraction of sp³-hybridized carbons (Fsp3) is 0.538. The lowest BCUT2D eigenvalue weighted by atomic mass is 9.96. The molecule has 2 aliphatic rings. The molecule has 2 aromatic heterocycles. The molecule has 204 valence electrons. The maximum absolute atomic E-state index is 10.1. The van der Waals surface area contributed by atoms with Gasteiger partial charge in [-0.1, -0.05) is 42.3 Å². The van der Waals surface area contributed by atoms with Gasteiger partial charge in [-0.2, -0.15) is 0 Å². The van der Waals surface area contributed by atoms with E-state index in [1.165, 1.54) is 0 Å². The number of hydrogen-bond acceptors (Lipinski definition) is 10. The number of nitrogens with two attached hydrogens (primary N) is 1. The molecule has 0 radical (unpaired) electrons. The Balaban J connectivity index is 1.23. The molecule has 38 heavy (non-hydrogen) atoms. The van der Waals surface area contributed by atoms with Crippen molar-refractivity contribution in [2.45, 2.75) is 51.2 Å². The average Bonchev–Trinajstić information content (AvgIpc) is 3.37. The van der Waals surface area contributed by atoms with E-state index in [2.05, 4.69) is 41.8 Å². The number of aromatic nitrogens is 4. The van der Waals surface area contributed by atoms with Gasteiger partial charge in [-0.15, -0.1) is 10.2 Å².